The van der Waals surface area contributed by atoms with Crippen LogP contribution < -0.4 is 10.6 Å². The summed E-state index contributed by atoms with van der Waals surface area (Å²) in [5, 5.41) is 6.43. The second-order valence-corrected chi connectivity index (χ2v) is 5.84. The standard InChI is InChI=1S/C19H24F2N4/c1-22-19(24-13-15-3-7-17(20)8-4-15)23-11-12-25(2)14-16-5-9-18(21)10-6-16/h3-10H,11-14H2,1-2H3,(H2,22,23,24). The molecule has 134 valence electrons. The largest absolute Gasteiger partial charge is 0.355 e. The summed E-state index contributed by atoms with van der Waals surface area (Å²) < 4.78 is 25.8. The summed E-state index contributed by atoms with van der Waals surface area (Å²) in [7, 11) is 3.72. The molecular weight excluding hydrogens is 322 g/mol. The van der Waals surface area contributed by atoms with Crippen LogP contribution in [0, 0.1) is 11.6 Å². The summed E-state index contributed by atoms with van der Waals surface area (Å²) in [4.78, 5) is 6.32. The van der Waals surface area contributed by atoms with Gasteiger partial charge in [-0.2, -0.15) is 0 Å². The summed E-state index contributed by atoms with van der Waals surface area (Å²) in [5.41, 5.74) is 2.06. The Hall–Kier alpha value is -2.47. The molecule has 0 saturated heterocycles. The van der Waals surface area contributed by atoms with Crippen LogP contribution in [-0.4, -0.2) is 38.0 Å². The van der Waals surface area contributed by atoms with Crippen molar-refractivity contribution < 1.29 is 8.78 Å². The third kappa shape index (κ3) is 6.89. The van der Waals surface area contributed by atoms with Gasteiger partial charge in [0.25, 0.3) is 0 Å². The zero-order valence-corrected chi connectivity index (χ0v) is 14.6. The lowest BCUT2D eigenvalue weighted by molar-refractivity contribution is 0.331. The first kappa shape index (κ1) is 18.9. The maximum absolute atomic E-state index is 12.9. The number of halogens is 2. The molecule has 0 saturated carbocycles. The summed E-state index contributed by atoms with van der Waals surface area (Å²) >= 11 is 0. The zero-order valence-electron chi connectivity index (χ0n) is 14.6. The molecule has 2 aromatic rings. The first-order valence-corrected chi connectivity index (χ1v) is 8.19. The third-order valence-electron chi connectivity index (χ3n) is 3.75. The number of benzene rings is 2. The Morgan fingerprint density at radius 2 is 1.48 bits per heavy atom. The van der Waals surface area contributed by atoms with Gasteiger partial charge in [-0.05, 0) is 42.4 Å². The molecule has 0 aliphatic heterocycles. The van der Waals surface area contributed by atoms with Gasteiger partial charge in [-0.3, -0.25) is 4.99 Å². The molecule has 0 radical (unpaired) electrons. The van der Waals surface area contributed by atoms with E-state index in [1.165, 1.54) is 24.3 Å². The fourth-order valence-corrected chi connectivity index (χ4v) is 2.35. The molecule has 0 unspecified atom stereocenters. The van der Waals surface area contributed by atoms with Gasteiger partial charge in [0.15, 0.2) is 5.96 Å². The first-order chi connectivity index (χ1) is 12.1. The SMILES string of the molecule is CN=C(NCCN(C)Cc1ccc(F)cc1)NCc1ccc(F)cc1. The van der Waals surface area contributed by atoms with E-state index >= 15 is 0 Å². The average molecular weight is 346 g/mol. The molecule has 4 nitrogen and oxygen atoms in total. The topological polar surface area (TPSA) is 39.7 Å². The number of nitrogens with one attached hydrogen (secondary N) is 2. The molecule has 0 heterocycles. The van der Waals surface area contributed by atoms with Gasteiger partial charge in [-0.25, -0.2) is 8.78 Å². The Labute approximate surface area is 147 Å². The zero-order chi connectivity index (χ0) is 18.1. The van der Waals surface area contributed by atoms with Gasteiger partial charge in [0.05, 0.1) is 0 Å². The van der Waals surface area contributed by atoms with E-state index in [1.54, 1.807) is 31.3 Å². The van der Waals surface area contributed by atoms with E-state index in [-0.39, 0.29) is 11.6 Å². The molecule has 0 amide bonds. The van der Waals surface area contributed by atoms with Crippen LogP contribution in [0.2, 0.25) is 0 Å². The van der Waals surface area contributed by atoms with Crippen LogP contribution in [0.1, 0.15) is 11.1 Å². The molecule has 6 heteroatoms. The molecule has 2 aromatic carbocycles. The Kier molecular flexibility index (Phi) is 7.35. The summed E-state index contributed by atoms with van der Waals surface area (Å²) in [6.45, 7) is 2.87. The number of hydrogen-bond acceptors (Lipinski definition) is 2. The highest BCUT2D eigenvalue weighted by molar-refractivity contribution is 5.79. The van der Waals surface area contributed by atoms with Crippen LogP contribution >= 0.6 is 0 Å². The molecule has 2 rings (SSSR count). The molecule has 0 spiro atoms. The van der Waals surface area contributed by atoms with Crippen molar-refractivity contribution in [2.45, 2.75) is 13.1 Å². The maximum Gasteiger partial charge on any atom is 0.191 e. The van der Waals surface area contributed by atoms with Crippen LogP contribution in [-0.2, 0) is 13.1 Å². The Balaban J connectivity index is 1.69. The minimum atomic E-state index is -0.240. The summed E-state index contributed by atoms with van der Waals surface area (Å²) in [5.74, 6) is 0.235. The highest BCUT2D eigenvalue weighted by atomic mass is 19.1. The van der Waals surface area contributed by atoms with Crippen molar-refractivity contribution in [1.82, 2.24) is 15.5 Å². The number of rotatable bonds is 7. The van der Waals surface area contributed by atoms with Gasteiger partial charge in [-0.15, -0.1) is 0 Å². The van der Waals surface area contributed by atoms with Crippen LogP contribution in [0.3, 0.4) is 0 Å². The molecule has 0 fully saturated rings. The molecule has 0 aromatic heterocycles. The molecule has 0 bridgehead atoms. The van der Waals surface area contributed by atoms with Gasteiger partial charge in [0, 0.05) is 33.2 Å². The number of aliphatic imine (C=N–C) groups is 1. The Morgan fingerprint density at radius 1 is 0.920 bits per heavy atom. The van der Waals surface area contributed by atoms with Gasteiger partial charge < -0.3 is 15.5 Å². The van der Waals surface area contributed by atoms with E-state index in [9.17, 15) is 8.78 Å². The number of likely N-dealkylation sites (N-methyl/N-ethyl adjacent to an activating group) is 1. The molecule has 0 aliphatic rings. The van der Waals surface area contributed by atoms with Crippen molar-refractivity contribution in [2.75, 3.05) is 27.2 Å². The van der Waals surface area contributed by atoms with E-state index in [0.29, 0.717) is 12.5 Å². The quantitative estimate of drug-likeness (QED) is 0.598. The van der Waals surface area contributed by atoms with Crippen molar-refractivity contribution in [3.05, 3.63) is 71.3 Å². The van der Waals surface area contributed by atoms with Crippen LogP contribution in [0.4, 0.5) is 8.78 Å². The number of hydrogen-bond donors (Lipinski definition) is 2. The normalized spacial score (nSPS) is 11.6. The van der Waals surface area contributed by atoms with Crippen LogP contribution in [0.25, 0.3) is 0 Å². The number of guanidine groups is 1. The van der Waals surface area contributed by atoms with E-state index in [0.717, 1.165) is 30.8 Å². The van der Waals surface area contributed by atoms with Crippen molar-refractivity contribution in [1.29, 1.82) is 0 Å². The van der Waals surface area contributed by atoms with E-state index in [4.69, 9.17) is 0 Å². The highest BCUT2D eigenvalue weighted by Gasteiger charge is 2.03. The van der Waals surface area contributed by atoms with Crippen molar-refractivity contribution in [3.63, 3.8) is 0 Å². The van der Waals surface area contributed by atoms with E-state index in [2.05, 4.69) is 20.5 Å². The maximum atomic E-state index is 12.9. The predicted molar refractivity (Wildman–Crippen MR) is 97.3 cm³/mol. The summed E-state index contributed by atoms with van der Waals surface area (Å²) in [6, 6.07) is 12.9. The van der Waals surface area contributed by atoms with Crippen molar-refractivity contribution in [2.24, 2.45) is 4.99 Å². The second kappa shape index (κ2) is 9.74. The van der Waals surface area contributed by atoms with Crippen molar-refractivity contribution >= 4 is 5.96 Å². The minimum Gasteiger partial charge on any atom is -0.355 e. The molecule has 2 N–H and O–H groups in total. The third-order valence-corrected chi connectivity index (χ3v) is 3.75. The Morgan fingerprint density at radius 3 is 2.04 bits per heavy atom. The van der Waals surface area contributed by atoms with Gasteiger partial charge in [0.2, 0.25) is 0 Å². The molecular formula is C19H24F2N4. The first-order valence-electron chi connectivity index (χ1n) is 8.19. The van der Waals surface area contributed by atoms with Crippen LogP contribution in [0.5, 0.6) is 0 Å². The molecule has 25 heavy (non-hydrogen) atoms. The minimum absolute atomic E-state index is 0.218. The van der Waals surface area contributed by atoms with Gasteiger partial charge in [0.1, 0.15) is 11.6 Å². The monoisotopic (exact) mass is 346 g/mol. The lowest BCUT2D eigenvalue weighted by atomic mass is 10.2. The van der Waals surface area contributed by atoms with E-state index in [1.807, 2.05) is 7.05 Å². The smallest absolute Gasteiger partial charge is 0.191 e. The lowest BCUT2D eigenvalue weighted by Gasteiger charge is -2.18. The van der Waals surface area contributed by atoms with E-state index < -0.39 is 0 Å². The van der Waals surface area contributed by atoms with Gasteiger partial charge >= 0.3 is 0 Å². The Bertz CT molecular complexity index is 669. The fourth-order valence-electron chi connectivity index (χ4n) is 2.35. The molecule has 0 atom stereocenters. The summed E-state index contributed by atoms with van der Waals surface area (Å²) in [6.07, 6.45) is 0. The predicted octanol–water partition coefficient (Wildman–Crippen LogP) is 2.76. The lowest BCUT2D eigenvalue weighted by Crippen LogP contribution is -2.40. The second-order valence-electron chi connectivity index (χ2n) is 5.84. The fraction of sp³-hybridized carbons (Fsp3) is 0.316. The highest BCUT2D eigenvalue weighted by Crippen LogP contribution is 2.05. The molecule has 0 aliphatic carbocycles. The average Bonchev–Trinajstić information content (AvgIpc) is 2.61. The van der Waals surface area contributed by atoms with Crippen LogP contribution in [0.15, 0.2) is 53.5 Å². The van der Waals surface area contributed by atoms with Gasteiger partial charge in [-0.1, -0.05) is 24.3 Å². The van der Waals surface area contributed by atoms with Crippen molar-refractivity contribution in [3.8, 4) is 0 Å². The number of nitrogens with zero attached hydrogens (tertiary/aromatic N) is 2.